The second-order valence-electron chi connectivity index (χ2n) is 7.69. The Kier molecular flexibility index (Phi) is 5.55. The Morgan fingerprint density at radius 3 is 2.66 bits per heavy atom. The standard InChI is InChI=1S/C19H24FNO8/c1-5-6-26-18(25)21-8-27-17(24)19(21)12(20)7-11-13(14(11)19)16(23)29-10(4)28-15(22)9(2)3/h5,9-14H,1,6-8H2,2-4H3/t10?,11-,12-,13-,14-,19-/m0/s1. The number of ether oxygens (including phenoxy) is 4. The van der Waals surface area contributed by atoms with Crippen LogP contribution < -0.4 is 0 Å². The van der Waals surface area contributed by atoms with E-state index in [1.54, 1.807) is 13.8 Å². The van der Waals surface area contributed by atoms with Crippen LogP contribution in [0.25, 0.3) is 0 Å². The summed E-state index contributed by atoms with van der Waals surface area (Å²) in [6.07, 6.45) is -2.49. The maximum Gasteiger partial charge on any atom is 0.413 e. The second kappa shape index (κ2) is 7.64. The molecule has 0 N–H and O–H groups in total. The molecule has 6 atom stereocenters. The van der Waals surface area contributed by atoms with E-state index in [0.717, 1.165) is 4.90 Å². The Bertz CT molecular complexity index is 740. The summed E-state index contributed by atoms with van der Waals surface area (Å²) in [5.41, 5.74) is -1.91. The third kappa shape index (κ3) is 3.34. The van der Waals surface area contributed by atoms with Crippen LogP contribution in [0, 0.1) is 23.7 Å². The number of alkyl halides is 1. The fourth-order valence-electron chi connectivity index (χ4n) is 4.26. The van der Waals surface area contributed by atoms with Crippen molar-refractivity contribution in [1.82, 2.24) is 4.90 Å². The average Bonchev–Trinajstić information content (AvgIpc) is 3.13. The van der Waals surface area contributed by atoms with Crippen molar-refractivity contribution in [2.45, 2.75) is 45.2 Å². The van der Waals surface area contributed by atoms with E-state index in [2.05, 4.69) is 6.58 Å². The summed E-state index contributed by atoms with van der Waals surface area (Å²) in [7, 11) is 0. The number of hydrogen-bond donors (Lipinski definition) is 0. The van der Waals surface area contributed by atoms with Crippen LogP contribution in [0.2, 0.25) is 0 Å². The summed E-state index contributed by atoms with van der Waals surface area (Å²) in [6, 6.07) is 0. The zero-order valence-electron chi connectivity index (χ0n) is 16.5. The fraction of sp³-hybridized carbons (Fsp3) is 0.684. The van der Waals surface area contributed by atoms with Crippen LogP contribution in [-0.4, -0.2) is 60.2 Å². The Labute approximate surface area is 167 Å². The van der Waals surface area contributed by atoms with Crippen molar-refractivity contribution in [2.75, 3.05) is 13.3 Å². The minimum atomic E-state index is -1.91. The summed E-state index contributed by atoms with van der Waals surface area (Å²) >= 11 is 0. The van der Waals surface area contributed by atoms with Crippen molar-refractivity contribution in [3.8, 4) is 0 Å². The molecule has 29 heavy (non-hydrogen) atoms. The number of esters is 3. The van der Waals surface area contributed by atoms with Crippen LogP contribution in [0.5, 0.6) is 0 Å². The van der Waals surface area contributed by atoms with Gasteiger partial charge in [-0.15, -0.1) is 0 Å². The summed E-state index contributed by atoms with van der Waals surface area (Å²) < 4.78 is 35.0. The number of nitrogens with zero attached hydrogens (tertiary/aromatic N) is 1. The molecule has 0 radical (unpaired) electrons. The first-order valence-corrected chi connectivity index (χ1v) is 9.43. The van der Waals surface area contributed by atoms with Crippen molar-refractivity contribution in [3.05, 3.63) is 12.7 Å². The lowest BCUT2D eigenvalue weighted by Crippen LogP contribution is -2.58. The van der Waals surface area contributed by atoms with Crippen molar-refractivity contribution < 1.29 is 42.5 Å². The molecule has 3 rings (SSSR count). The smallest absolute Gasteiger partial charge is 0.413 e. The van der Waals surface area contributed by atoms with Gasteiger partial charge >= 0.3 is 24.0 Å². The Hall–Kier alpha value is -2.65. The van der Waals surface area contributed by atoms with E-state index in [9.17, 15) is 23.6 Å². The quantitative estimate of drug-likeness (QED) is 0.279. The fourth-order valence-corrected chi connectivity index (χ4v) is 4.26. The molecule has 0 aromatic carbocycles. The van der Waals surface area contributed by atoms with Gasteiger partial charge in [-0.25, -0.2) is 14.0 Å². The summed E-state index contributed by atoms with van der Waals surface area (Å²) in [6.45, 7) is 7.53. The molecule has 1 heterocycles. The molecule has 1 spiro atoms. The summed E-state index contributed by atoms with van der Waals surface area (Å²) in [5.74, 6) is -4.61. The lowest BCUT2D eigenvalue weighted by atomic mass is 9.88. The van der Waals surface area contributed by atoms with Gasteiger partial charge in [0.05, 0.1) is 11.8 Å². The van der Waals surface area contributed by atoms with Crippen LogP contribution >= 0.6 is 0 Å². The minimum Gasteiger partial charge on any atom is -0.445 e. The second-order valence-corrected chi connectivity index (χ2v) is 7.69. The van der Waals surface area contributed by atoms with Crippen molar-refractivity contribution in [2.24, 2.45) is 23.7 Å². The van der Waals surface area contributed by atoms with Gasteiger partial charge in [-0.1, -0.05) is 26.5 Å². The van der Waals surface area contributed by atoms with Crippen LogP contribution in [0.3, 0.4) is 0 Å². The van der Waals surface area contributed by atoms with E-state index in [0.29, 0.717) is 0 Å². The van der Waals surface area contributed by atoms with E-state index < -0.39 is 72.4 Å². The molecule has 3 fully saturated rings. The van der Waals surface area contributed by atoms with Gasteiger partial charge in [0.15, 0.2) is 12.3 Å². The number of amides is 1. The van der Waals surface area contributed by atoms with E-state index in [1.807, 2.05) is 0 Å². The van der Waals surface area contributed by atoms with Crippen molar-refractivity contribution >= 4 is 24.0 Å². The van der Waals surface area contributed by atoms with Crippen LogP contribution in [0.15, 0.2) is 12.7 Å². The highest BCUT2D eigenvalue weighted by molar-refractivity contribution is 5.93. The number of fused-ring (bicyclic) bond motifs is 2. The van der Waals surface area contributed by atoms with E-state index in [-0.39, 0.29) is 13.0 Å². The summed E-state index contributed by atoms with van der Waals surface area (Å²) in [5, 5.41) is 0. The first-order valence-electron chi connectivity index (χ1n) is 9.43. The Balaban J connectivity index is 1.73. The van der Waals surface area contributed by atoms with Gasteiger partial charge in [0.1, 0.15) is 12.8 Å². The third-order valence-corrected chi connectivity index (χ3v) is 5.58. The maximum atomic E-state index is 14.9. The van der Waals surface area contributed by atoms with Gasteiger partial charge in [0.2, 0.25) is 6.29 Å². The van der Waals surface area contributed by atoms with Gasteiger partial charge in [0.25, 0.3) is 0 Å². The molecule has 1 amide bonds. The molecule has 1 aliphatic heterocycles. The average molecular weight is 413 g/mol. The lowest BCUT2D eigenvalue weighted by Gasteiger charge is -2.33. The van der Waals surface area contributed by atoms with Gasteiger partial charge in [-0.2, -0.15) is 0 Å². The molecular weight excluding hydrogens is 389 g/mol. The van der Waals surface area contributed by atoms with E-state index >= 15 is 0 Å². The zero-order valence-corrected chi connectivity index (χ0v) is 16.5. The minimum absolute atomic E-state index is 0.0923. The molecule has 10 heteroatoms. The molecule has 3 aliphatic rings. The molecule has 160 valence electrons. The molecule has 0 bridgehead atoms. The maximum absolute atomic E-state index is 14.9. The summed E-state index contributed by atoms with van der Waals surface area (Å²) in [4.78, 5) is 49.9. The molecule has 0 aromatic rings. The van der Waals surface area contributed by atoms with Crippen LogP contribution in [-0.2, 0) is 33.3 Å². The topological polar surface area (TPSA) is 108 Å². The van der Waals surface area contributed by atoms with Crippen molar-refractivity contribution in [1.29, 1.82) is 0 Å². The Morgan fingerprint density at radius 2 is 2.03 bits per heavy atom. The van der Waals surface area contributed by atoms with Gasteiger partial charge in [-0.3, -0.25) is 14.5 Å². The number of carbonyl (C=O) groups excluding carboxylic acids is 4. The lowest BCUT2D eigenvalue weighted by molar-refractivity contribution is -0.188. The number of hydrogen-bond acceptors (Lipinski definition) is 8. The molecule has 9 nitrogen and oxygen atoms in total. The normalized spacial score (nSPS) is 33.1. The number of carbonyl (C=O) groups is 4. The Morgan fingerprint density at radius 1 is 1.34 bits per heavy atom. The monoisotopic (exact) mass is 413 g/mol. The van der Waals surface area contributed by atoms with E-state index in [1.165, 1.54) is 13.0 Å². The van der Waals surface area contributed by atoms with Gasteiger partial charge in [-0.05, 0) is 12.3 Å². The van der Waals surface area contributed by atoms with E-state index in [4.69, 9.17) is 18.9 Å². The SMILES string of the molecule is C=CCOC(=O)N1COC(=O)[C@]12[C@H]1[C@@H](C[C@@H]2F)[C@@H]1C(=O)OC(C)OC(=O)C(C)C. The van der Waals surface area contributed by atoms with Gasteiger partial charge in [0, 0.05) is 12.8 Å². The molecule has 1 saturated heterocycles. The van der Waals surface area contributed by atoms with Crippen LogP contribution in [0.1, 0.15) is 27.2 Å². The highest BCUT2D eigenvalue weighted by Gasteiger charge is 2.81. The molecular formula is C19H24FNO8. The van der Waals surface area contributed by atoms with Crippen molar-refractivity contribution in [3.63, 3.8) is 0 Å². The number of halogens is 1. The first-order chi connectivity index (χ1) is 13.7. The first kappa shape index (κ1) is 21.1. The zero-order chi connectivity index (χ0) is 21.5. The third-order valence-electron chi connectivity index (χ3n) is 5.58. The molecule has 1 unspecified atom stereocenters. The van der Waals surface area contributed by atoms with Crippen LogP contribution in [0.4, 0.5) is 9.18 Å². The number of cyclic esters (lactones) is 1. The largest absolute Gasteiger partial charge is 0.445 e. The molecule has 2 aliphatic carbocycles. The molecule has 0 aromatic heterocycles. The highest BCUT2D eigenvalue weighted by Crippen LogP contribution is 2.66. The number of rotatable bonds is 6. The predicted molar refractivity (Wildman–Crippen MR) is 93.5 cm³/mol. The molecule has 2 saturated carbocycles. The predicted octanol–water partition coefficient (Wildman–Crippen LogP) is 1.56. The highest BCUT2D eigenvalue weighted by atomic mass is 19.1. The van der Waals surface area contributed by atoms with Gasteiger partial charge < -0.3 is 18.9 Å².